The number of nitrogens with one attached hydrogen (secondary N) is 2. The highest BCUT2D eigenvalue weighted by molar-refractivity contribution is 7.92. The molecule has 2 heterocycles. The molecule has 0 unspecified atom stereocenters. The van der Waals surface area contributed by atoms with Crippen molar-refractivity contribution in [2.24, 2.45) is 24.2 Å². The van der Waals surface area contributed by atoms with Gasteiger partial charge in [0.25, 0.3) is 10.0 Å². The van der Waals surface area contributed by atoms with Crippen LogP contribution < -0.4 is 27.2 Å². The van der Waals surface area contributed by atoms with Crippen LogP contribution in [0.25, 0.3) is 11.1 Å². The Labute approximate surface area is 201 Å². The first kappa shape index (κ1) is 25.7. The molecule has 0 radical (unpaired) electrons. The van der Waals surface area contributed by atoms with Gasteiger partial charge in [-0.2, -0.15) is 5.10 Å². The summed E-state index contributed by atoms with van der Waals surface area (Å²) in [4.78, 5) is 25.4. The number of Topliss-reactive ketones (excluding diaryl/α,β-unsaturated/α-hetero) is 2. The molecule has 0 aliphatic carbocycles. The lowest BCUT2D eigenvalue weighted by Crippen LogP contribution is -2.46. The molecule has 0 spiro atoms. The van der Waals surface area contributed by atoms with Gasteiger partial charge in [0.15, 0.2) is 0 Å². The maximum Gasteiger partial charge on any atom is 0.262 e. The molecular formula is C21H27N7O4S2. The minimum atomic E-state index is -4.09. The molecule has 0 saturated carbocycles. The van der Waals surface area contributed by atoms with E-state index in [9.17, 15) is 18.0 Å². The lowest BCUT2D eigenvalue weighted by molar-refractivity contribution is -0.116. The molecule has 0 saturated heterocycles. The number of carbonyl (C=O) groups excluding carboxylic acids is 2. The molecule has 3 rings (SSSR count). The summed E-state index contributed by atoms with van der Waals surface area (Å²) in [6.45, 7) is 0.438. The minimum absolute atomic E-state index is 0.0150. The van der Waals surface area contributed by atoms with Gasteiger partial charge in [-0.15, -0.1) is 11.3 Å². The van der Waals surface area contributed by atoms with Gasteiger partial charge in [-0.1, -0.05) is 18.2 Å². The standard InChI is InChI=1S/C21H27N7O4S2/c1-28-12-13(11-26-28)14-5-2-3-7-17(14)34(31,32)27-16-8-10-33-20(16)19(30)18(29)15(22)6-4-9-25-21(23)24/h2-3,5,7-8,10-12,15,21,25,27H,4,6,9,22-24H2,1H3/t15-/m0/s1. The Morgan fingerprint density at radius 3 is 2.59 bits per heavy atom. The Morgan fingerprint density at radius 1 is 1.18 bits per heavy atom. The summed E-state index contributed by atoms with van der Waals surface area (Å²) < 4.78 is 30.5. The van der Waals surface area contributed by atoms with Gasteiger partial charge in [0, 0.05) is 24.4 Å². The van der Waals surface area contributed by atoms with Crippen molar-refractivity contribution >= 4 is 38.6 Å². The molecule has 0 aliphatic heterocycles. The fourth-order valence-electron chi connectivity index (χ4n) is 3.27. The van der Waals surface area contributed by atoms with Gasteiger partial charge in [0.1, 0.15) is 11.2 Å². The van der Waals surface area contributed by atoms with E-state index in [1.54, 1.807) is 42.3 Å². The van der Waals surface area contributed by atoms with Gasteiger partial charge >= 0.3 is 0 Å². The quantitative estimate of drug-likeness (QED) is 0.102. The predicted octanol–water partition coefficient (Wildman–Crippen LogP) is 0.599. The van der Waals surface area contributed by atoms with E-state index < -0.39 is 33.9 Å². The normalized spacial score (nSPS) is 12.6. The highest BCUT2D eigenvalue weighted by atomic mass is 32.2. The van der Waals surface area contributed by atoms with Crippen LogP contribution in [0, 0.1) is 0 Å². The monoisotopic (exact) mass is 505 g/mol. The fraction of sp³-hybridized carbons (Fsp3) is 0.286. The number of carbonyl (C=O) groups is 2. The summed E-state index contributed by atoms with van der Waals surface area (Å²) in [5, 5.41) is 8.41. The number of hydrogen-bond donors (Lipinski definition) is 5. The van der Waals surface area contributed by atoms with Crippen LogP contribution in [-0.4, -0.2) is 48.6 Å². The number of ketones is 2. The maximum atomic E-state index is 13.2. The van der Waals surface area contributed by atoms with E-state index in [1.165, 1.54) is 17.5 Å². The third-order valence-electron chi connectivity index (χ3n) is 4.94. The molecule has 0 fully saturated rings. The van der Waals surface area contributed by atoms with Crippen LogP contribution in [-0.2, 0) is 21.9 Å². The molecule has 11 nitrogen and oxygen atoms in total. The van der Waals surface area contributed by atoms with Crippen molar-refractivity contribution in [3.63, 3.8) is 0 Å². The zero-order valence-corrected chi connectivity index (χ0v) is 20.1. The topological polar surface area (TPSA) is 188 Å². The Hall–Kier alpha value is -2.94. The Bertz CT molecular complexity index is 1270. The SMILES string of the molecule is Cn1cc(-c2ccccc2S(=O)(=O)Nc2ccsc2C(=O)C(=O)[C@@H](N)CCCNC(N)N)cn1. The number of aromatic nitrogens is 2. The molecule has 1 aromatic carbocycles. The molecule has 0 aliphatic rings. The van der Waals surface area contributed by atoms with Crippen molar-refractivity contribution in [1.82, 2.24) is 15.1 Å². The number of sulfonamides is 1. The van der Waals surface area contributed by atoms with Crippen molar-refractivity contribution < 1.29 is 18.0 Å². The van der Waals surface area contributed by atoms with E-state index in [4.69, 9.17) is 17.2 Å². The zero-order chi connectivity index (χ0) is 24.9. The Morgan fingerprint density at radius 2 is 1.91 bits per heavy atom. The van der Waals surface area contributed by atoms with Crippen molar-refractivity contribution in [1.29, 1.82) is 0 Å². The molecule has 2 aromatic heterocycles. The second kappa shape index (κ2) is 11.0. The fourth-order valence-corrected chi connectivity index (χ4v) is 5.43. The summed E-state index contributed by atoms with van der Waals surface area (Å²) in [5.74, 6) is -1.64. The molecule has 0 amide bonds. The number of benzene rings is 1. The van der Waals surface area contributed by atoms with Gasteiger partial charge < -0.3 is 17.2 Å². The molecule has 3 aromatic rings. The van der Waals surface area contributed by atoms with Gasteiger partial charge in [-0.05, 0) is 36.9 Å². The third-order valence-corrected chi connectivity index (χ3v) is 7.28. The van der Waals surface area contributed by atoms with Crippen LogP contribution in [0.2, 0.25) is 0 Å². The van der Waals surface area contributed by atoms with Gasteiger partial charge in [0.05, 0.1) is 22.8 Å². The summed E-state index contributed by atoms with van der Waals surface area (Å²) in [6, 6.07) is 6.86. The lowest BCUT2D eigenvalue weighted by atomic mass is 10.0. The largest absolute Gasteiger partial charge is 0.321 e. The van der Waals surface area contributed by atoms with Crippen LogP contribution in [0.15, 0.2) is 53.0 Å². The van der Waals surface area contributed by atoms with Crippen LogP contribution in [0.5, 0.6) is 0 Å². The highest BCUT2D eigenvalue weighted by Gasteiger charge is 2.28. The van der Waals surface area contributed by atoms with Crippen LogP contribution in [0.3, 0.4) is 0 Å². The van der Waals surface area contributed by atoms with E-state index >= 15 is 0 Å². The number of thiophene rings is 1. The molecule has 13 heteroatoms. The van der Waals surface area contributed by atoms with Crippen molar-refractivity contribution in [3.05, 3.63) is 53.0 Å². The van der Waals surface area contributed by atoms with Gasteiger partial charge in [-0.25, -0.2) is 8.42 Å². The van der Waals surface area contributed by atoms with E-state index in [0.29, 0.717) is 24.1 Å². The molecule has 1 atom stereocenters. The van der Waals surface area contributed by atoms with E-state index in [0.717, 1.165) is 11.3 Å². The lowest BCUT2D eigenvalue weighted by Gasteiger charge is -2.13. The smallest absolute Gasteiger partial charge is 0.262 e. The number of aryl methyl sites for hydroxylation is 1. The number of anilines is 1. The van der Waals surface area contributed by atoms with E-state index in [2.05, 4.69) is 15.1 Å². The van der Waals surface area contributed by atoms with Crippen molar-refractivity contribution in [2.75, 3.05) is 11.3 Å². The number of hydrogen-bond acceptors (Lipinski definition) is 10. The van der Waals surface area contributed by atoms with Crippen molar-refractivity contribution in [2.45, 2.75) is 30.1 Å². The first-order valence-corrected chi connectivity index (χ1v) is 12.7. The average Bonchev–Trinajstić information content (AvgIpc) is 3.44. The first-order chi connectivity index (χ1) is 16.1. The second-order valence-electron chi connectivity index (χ2n) is 7.59. The van der Waals surface area contributed by atoms with Crippen LogP contribution in [0.1, 0.15) is 22.5 Å². The summed E-state index contributed by atoms with van der Waals surface area (Å²) in [5.41, 5.74) is 17.8. The Kier molecular flexibility index (Phi) is 8.30. The van der Waals surface area contributed by atoms with E-state index in [-0.39, 0.29) is 21.9 Å². The van der Waals surface area contributed by atoms with Crippen LogP contribution in [0.4, 0.5) is 5.69 Å². The van der Waals surface area contributed by atoms with Gasteiger partial charge in [0.2, 0.25) is 11.6 Å². The Balaban J connectivity index is 1.77. The molecule has 182 valence electrons. The molecule has 8 N–H and O–H groups in total. The van der Waals surface area contributed by atoms with Crippen LogP contribution >= 0.6 is 11.3 Å². The number of nitrogens with two attached hydrogens (primary N) is 3. The minimum Gasteiger partial charge on any atom is -0.321 e. The maximum absolute atomic E-state index is 13.2. The third kappa shape index (κ3) is 6.14. The molecular weight excluding hydrogens is 478 g/mol. The first-order valence-electron chi connectivity index (χ1n) is 10.4. The van der Waals surface area contributed by atoms with Gasteiger partial charge in [-0.3, -0.25) is 24.3 Å². The summed E-state index contributed by atoms with van der Waals surface area (Å²) >= 11 is 0.964. The molecule has 34 heavy (non-hydrogen) atoms. The number of nitrogens with zero attached hydrogens (tertiary/aromatic N) is 2. The zero-order valence-electron chi connectivity index (χ0n) is 18.5. The second-order valence-corrected chi connectivity index (χ2v) is 10.2. The summed E-state index contributed by atoms with van der Waals surface area (Å²) in [6.07, 6.45) is 3.31. The molecule has 0 bridgehead atoms. The average molecular weight is 506 g/mol. The summed E-state index contributed by atoms with van der Waals surface area (Å²) in [7, 11) is -2.36. The predicted molar refractivity (Wildman–Crippen MR) is 130 cm³/mol. The number of rotatable bonds is 12. The highest BCUT2D eigenvalue weighted by Crippen LogP contribution is 2.31. The van der Waals surface area contributed by atoms with E-state index in [1.807, 2.05) is 0 Å². The van der Waals surface area contributed by atoms with Crippen molar-refractivity contribution in [3.8, 4) is 11.1 Å².